The summed E-state index contributed by atoms with van der Waals surface area (Å²) in [6, 6.07) is 0.883. The van der Waals surface area contributed by atoms with E-state index in [0.29, 0.717) is 43.0 Å². The summed E-state index contributed by atoms with van der Waals surface area (Å²) in [5, 5.41) is 6.48. The smallest absolute Gasteiger partial charge is 0.339 e. The molecule has 0 fully saturated rings. The van der Waals surface area contributed by atoms with Crippen LogP contribution in [0.5, 0.6) is 0 Å². The largest absolute Gasteiger partial charge is 0.462 e. The zero-order valence-corrected chi connectivity index (χ0v) is 28.9. The van der Waals surface area contributed by atoms with Gasteiger partial charge in [-0.1, -0.05) is 39.2 Å². The maximum absolute atomic E-state index is 13.0. The van der Waals surface area contributed by atoms with Crippen LogP contribution in [0, 0.1) is 5.92 Å². The fraction of sp³-hybridized carbons (Fsp3) is 0.704. The second-order valence-electron chi connectivity index (χ2n) is 11.7. The molecule has 0 bridgehead atoms. The molecule has 4 N–H and O–H groups in total. The first-order chi connectivity index (χ1) is 18.8. The highest BCUT2D eigenvalue weighted by Crippen LogP contribution is 2.24. The van der Waals surface area contributed by atoms with Gasteiger partial charge in [-0.05, 0) is 83.0 Å². The van der Waals surface area contributed by atoms with Crippen molar-refractivity contribution in [1.82, 2.24) is 15.0 Å². The van der Waals surface area contributed by atoms with Crippen LogP contribution in [0.1, 0.15) is 58.8 Å². The molecule has 1 aliphatic rings. The maximum atomic E-state index is 13.0. The highest BCUT2D eigenvalue weighted by molar-refractivity contribution is 6.84. The van der Waals surface area contributed by atoms with Gasteiger partial charge in [0.2, 0.25) is 17.8 Å². The minimum Gasteiger partial charge on any atom is -0.462 e. The number of anilines is 3. The van der Waals surface area contributed by atoms with Crippen molar-refractivity contribution in [3.8, 4) is 0 Å². The quantitative estimate of drug-likeness (QED) is 0.100. The van der Waals surface area contributed by atoms with Crippen LogP contribution in [-0.4, -0.2) is 60.0 Å². The normalized spacial score (nSPS) is 16.1. The van der Waals surface area contributed by atoms with E-state index >= 15 is 0 Å². The molecule has 13 heteroatoms. The van der Waals surface area contributed by atoms with Crippen molar-refractivity contribution in [2.75, 3.05) is 29.5 Å². The number of hydrogen-bond donors (Lipinski definition) is 3. The van der Waals surface area contributed by atoms with Crippen molar-refractivity contribution in [3.63, 3.8) is 0 Å². The second-order valence-corrected chi connectivity index (χ2v) is 22.1. The number of aromatic nitrogens is 3. The van der Waals surface area contributed by atoms with Crippen LogP contribution in [0.3, 0.4) is 0 Å². The summed E-state index contributed by atoms with van der Waals surface area (Å²) in [5.41, 5.74) is 7.23. The van der Waals surface area contributed by atoms with Crippen LogP contribution < -0.4 is 16.4 Å². The molecule has 40 heavy (non-hydrogen) atoms. The van der Waals surface area contributed by atoms with Crippen LogP contribution in [0.2, 0.25) is 45.3 Å². The predicted octanol–water partition coefficient (Wildman–Crippen LogP) is 6.22. The summed E-state index contributed by atoms with van der Waals surface area (Å²) < 4.78 is 18.6. The van der Waals surface area contributed by atoms with Crippen LogP contribution in [0.25, 0.3) is 0 Å². The molecule has 0 amide bonds. The Morgan fingerprint density at radius 2 is 1.85 bits per heavy atom. The van der Waals surface area contributed by atoms with Gasteiger partial charge in [0, 0.05) is 12.2 Å². The Hall–Kier alpha value is -2.07. The number of hydrogen-bond acceptors (Lipinski definition) is 10. The maximum Gasteiger partial charge on any atom is 0.339 e. The lowest BCUT2D eigenvalue weighted by atomic mass is 10.0. The molecule has 0 aliphatic heterocycles. The van der Waals surface area contributed by atoms with E-state index < -0.39 is 25.9 Å². The molecule has 2 atom stereocenters. The van der Waals surface area contributed by atoms with Crippen molar-refractivity contribution >= 4 is 49.7 Å². The number of ether oxygens (including phenoxy) is 1. The van der Waals surface area contributed by atoms with Crippen molar-refractivity contribution in [2.45, 2.75) is 104 Å². The SMILES string of the molecule is CCCCC(CC)COC(=O)C1=C(Nc2nc(N)nc(NCCC[Si](C)(O[Si](C)C)O[Si](C)(C)C)n2)CCC=C1. The van der Waals surface area contributed by atoms with Gasteiger partial charge in [-0.15, -0.1) is 0 Å². The molecule has 1 aliphatic carbocycles. The van der Waals surface area contributed by atoms with Gasteiger partial charge in [0.1, 0.15) is 0 Å². The van der Waals surface area contributed by atoms with Gasteiger partial charge in [-0.2, -0.15) is 15.0 Å². The molecule has 0 saturated heterocycles. The lowest BCUT2D eigenvalue weighted by Gasteiger charge is -2.35. The Morgan fingerprint density at radius 3 is 2.50 bits per heavy atom. The molecule has 1 aromatic heterocycles. The van der Waals surface area contributed by atoms with E-state index in [1.807, 2.05) is 12.2 Å². The van der Waals surface area contributed by atoms with Crippen LogP contribution >= 0.6 is 0 Å². The van der Waals surface area contributed by atoms with Crippen molar-refractivity contribution in [1.29, 1.82) is 0 Å². The minimum absolute atomic E-state index is 0.103. The van der Waals surface area contributed by atoms with E-state index in [1.54, 1.807) is 0 Å². The lowest BCUT2D eigenvalue weighted by molar-refractivity contribution is -0.140. The van der Waals surface area contributed by atoms with Gasteiger partial charge in [0.25, 0.3) is 0 Å². The molecule has 1 aromatic rings. The lowest BCUT2D eigenvalue weighted by Crippen LogP contribution is -2.49. The predicted molar refractivity (Wildman–Crippen MR) is 170 cm³/mol. The van der Waals surface area contributed by atoms with E-state index in [1.165, 1.54) is 0 Å². The Morgan fingerprint density at radius 1 is 1.12 bits per heavy atom. The summed E-state index contributed by atoms with van der Waals surface area (Å²) in [7, 11) is -4.84. The molecular weight excluding hydrogens is 557 g/mol. The van der Waals surface area contributed by atoms with Gasteiger partial charge in [-0.25, -0.2) is 4.79 Å². The van der Waals surface area contributed by atoms with Gasteiger partial charge in [0.05, 0.1) is 12.2 Å². The fourth-order valence-electron chi connectivity index (χ4n) is 4.63. The number of nitrogens with zero attached hydrogens (tertiary/aromatic N) is 3. The minimum atomic E-state index is -2.26. The van der Waals surface area contributed by atoms with Crippen molar-refractivity contribution < 1.29 is 17.8 Å². The van der Waals surface area contributed by atoms with Crippen LogP contribution in [0.4, 0.5) is 17.8 Å². The second kappa shape index (κ2) is 16.4. The molecule has 2 unspecified atom stereocenters. The number of nitrogen functional groups attached to an aromatic ring is 1. The third-order valence-electron chi connectivity index (χ3n) is 6.33. The van der Waals surface area contributed by atoms with E-state index in [-0.39, 0.29) is 11.9 Å². The Labute approximate surface area is 245 Å². The van der Waals surface area contributed by atoms with Gasteiger partial charge < -0.3 is 29.3 Å². The van der Waals surface area contributed by atoms with Gasteiger partial charge in [-0.3, -0.25) is 0 Å². The van der Waals surface area contributed by atoms with E-state index in [9.17, 15) is 4.79 Å². The number of esters is 1. The Balaban J connectivity index is 2.03. The zero-order chi connectivity index (χ0) is 29.8. The standard InChI is InChI=1S/C27H51N6O4Si3/c1-9-11-15-21(10-2)20-35-24(34)22-16-12-13-17-23(22)30-27-32-25(28)31-26(33-27)29-18-14-19-40(8,36-38(3)4)37-39(5,6)7/h12,16,21H,9-11,13-15,17-20H2,1-8H3,(H4,28,29,30,31,32,33). The van der Waals surface area contributed by atoms with E-state index in [0.717, 1.165) is 50.3 Å². The summed E-state index contributed by atoms with van der Waals surface area (Å²) in [6.45, 7) is 18.5. The average Bonchev–Trinajstić information content (AvgIpc) is 2.85. The van der Waals surface area contributed by atoms with Gasteiger partial charge >= 0.3 is 14.5 Å². The van der Waals surface area contributed by atoms with Crippen molar-refractivity contribution in [3.05, 3.63) is 23.4 Å². The molecule has 0 saturated carbocycles. The molecular formula is C27H51N6O4Si3. The molecule has 1 radical (unpaired) electrons. The van der Waals surface area contributed by atoms with Gasteiger partial charge in [0.15, 0.2) is 17.4 Å². The number of carbonyl (C=O) groups excluding carboxylic acids is 1. The summed E-state index contributed by atoms with van der Waals surface area (Å²) in [5.74, 6) is 0.846. The van der Waals surface area contributed by atoms with E-state index in [2.05, 4.69) is 78.7 Å². The number of nitrogens with one attached hydrogen (secondary N) is 2. The number of rotatable bonds is 18. The van der Waals surface area contributed by atoms with Crippen LogP contribution in [0.15, 0.2) is 23.4 Å². The highest BCUT2D eigenvalue weighted by Gasteiger charge is 2.36. The summed E-state index contributed by atoms with van der Waals surface area (Å²) >= 11 is 0. The Kier molecular flexibility index (Phi) is 14.0. The third kappa shape index (κ3) is 12.6. The van der Waals surface area contributed by atoms with Crippen LogP contribution in [-0.2, 0) is 17.8 Å². The third-order valence-corrected chi connectivity index (χ3v) is 15.1. The zero-order valence-electron chi connectivity index (χ0n) is 25.9. The molecule has 225 valence electrons. The Bertz CT molecular complexity index is 1020. The first-order valence-electron chi connectivity index (χ1n) is 14.6. The topological polar surface area (TPSA) is 134 Å². The number of carbonyl (C=O) groups is 1. The molecule has 0 spiro atoms. The number of unbranched alkanes of at least 4 members (excludes halogenated alkanes) is 1. The fourth-order valence-corrected chi connectivity index (χ4v) is 15.4. The van der Waals surface area contributed by atoms with E-state index in [4.69, 9.17) is 18.7 Å². The molecule has 0 aromatic carbocycles. The molecule has 10 nitrogen and oxygen atoms in total. The summed E-state index contributed by atoms with van der Waals surface area (Å²) in [6.07, 6.45) is 10.5. The monoisotopic (exact) mass is 607 g/mol. The highest BCUT2D eigenvalue weighted by atomic mass is 28.5. The first kappa shape index (κ1) is 34.1. The molecule has 1 heterocycles. The first-order valence-corrected chi connectivity index (χ1v) is 23.0. The van der Waals surface area contributed by atoms with Crippen molar-refractivity contribution in [2.24, 2.45) is 5.92 Å². The average molecular weight is 608 g/mol. The number of allylic oxidation sites excluding steroid dienone is 2. The molecule has 2 rings (SSSR count). The summed E-state index contributed by atoms with van der Waals surface area (Å²) in [4.78, 5) is 26.0. The number of nitrogens with two attached hydrogens (primary N) is 1.